The molecule has 0 aromatic heterocycles. The third-order valence-corrected chi connectivity index (χ3v) is 3.86. The number of anilines is 1. The van der Waals surface area contributed by atoms with Gasteiger partial charge in [-0.1, -0.05) is 26.0 Å². The Kier molecular flexibility index (Phi) is 4.83. The topological polar surface area (TPSA) is 18.5 Å². The molecule has 1 fully saturated rings. The van der Waals surface area contributed by atoms with E-state index in [4.69, 9.17) is 0 Å². The Bertz CT molecular complexity index is 406. The fourth-order valence-electron chi connectivity index (χ4n) is 2.64. The van der Waals surface area contributed by atoms with Crippen molar-refractivity contribution in [3.8, 4) is 0 Å². The van der Waals surface area contributed by atoms with Crippen molar-refractivity contribution < 1.29 is 0 Å². The van der Waals surface area contributed by atoms with Crippen molar-refractivity contribution in [1.82, 2.24) is 10.2 Å². The van der Waals surface area contributed by atoms with Gasteiger partial charge >= 0.3 is 0 Å². The van der Waals surface area contributed by atoms with Crippen LogP contribution in [0.4, 0.5) is 5.69 Å². The number of piperazine rings is 1. The van der Waals surface area contributed by atoms with Crippen molar-refractivity contribution in [1.29, 1.82) is 0 Å². The highest BCUT2D eigenvalue weighted by Gasteiger charge is 2.14. The Morgan fingerprint density at radius 2 is 1.89 bits per heavy atom. The first-order chi connectivity index (χ1) is 9.08. The number of rotatable bonds is 4. The van der Waals surface area contributed by atoms with Gasteiger partial charge in [-0.2, -0.15) is 0 Å². The minimum absolute atomic E-state index is 0.595. The molecule has 0 aliphatic carbocycles. The van der Waals surface area contributed by atoms with Crippen LogP contribution in [0.1, 0.15) is 30.9 Å². The van der Waals surface area contributed by atoms with E-state index in [1.165, 1.54) is 16.8 Å². The Labute approximate surface area is 117 Å². The Hall–Kier alpha value is -1.06. The molecular weight excluding hydrogens is 234 g/mol. The third kappa shape index (κ3) is 3.71. The molecule has 1 heterocycles. The summed E-state index contributed by atoms with van der Waals surface area (Å²) in [6, 6.07) is 6.93. The van der Waals surface area contributed by atoms with Crippen LogP contribution in [-0.2, 0) is 6.54 Å². The lowest BCUT2D eigenvalue weighted by Gasteiger charge is -2.29. The first kappa shape index (κ1) is 14.4. The molecule has 3 heteroatoms. The Morgan fingerprint density at radius 1 is 1.21 bits per heavy atom. The lowest BCUT2D eigenvalue weighted by atomic mass is 9.99. The summed E-state index contributed by atoms with van der Waals surface area (Å²) in [4.78, 5) is 4.77. The van der Waals surface area contributed by atoms with Crippen molar-refractivity contribution in [3.05, 3.63) is 29.3 Å². The van der Waals surface area contributed by atoms with Crippen molar-refractivity contribution in [2.75, 3.05) is 45.2 Å². The molecule has 1 aromatic rings. The molecule has 0 spiro atoms. The van der Waals surface area contributed by atoms with Gasteiger partial charge in [-0.25, -0.2) is 0 Å². The quantitative estimate of drug-likeness (QED) is 0.897. The van der Waals surface area contributed by atoms with Gasteiger partial charge in [-0.15, -0.1) is 0 Å². The first-order valence-electron chi connectivity index (χ1n) is 7.31. The van der Waals surface area contributed by atoms with Crippen molar-refractivity contribution in [2.45, 2.75) is 26.3 Å². The van der Waals surface area contributed by atoms with E-state index in [0.29, 0.717) is 5.92 Å². The second-order valence-corrected chi connectivity index (χ2v) is 5.96. The summed E-state index contributed by atoms with van der Waals surface area (Å²) in [5.41, 5.74) is 4.25. The van der Waals surface area contributed by atoms with E-state index in [9.17, 15) is 0 Å². The van der Waals surface area contributed by atoms with Crippen molar-refractivity contribution >= 4 is 5.69 Å². The van der Waals surface area contributed by atoms with Crippen LogP contribution in [0.2, 0.25) is 0 Å². The highest BCUT2D eigenvalue weighted by Crippen LogP contribution is 2.25. The standard InChI is InChI=1S/C16H27N3/c1-13(2)14-5-6-16(18(3)4)15(11-14)12-19-9-7-17-8-10-19/h5-6,11,13,17H,7-10,12H2,1-4H3. The maximum absolute atomic E-state index is 3.42. The molecular formula is C16H27N3. The fraction of sp³-hybridized carbons (Fsp3) is 0.625. The number of hydrogen-bond acceptors (Lipinski definition) is 3. The zero-order chi connectivity index (χ0) is 13.8. The zero-order valence-electron chi connectivity index (χ0n) is 12.7. The molecule has 3 nitrogen and oxygen atoms in total. The summed E-state index contributed by atoms with van der Waals surface area (Å²) in [7, 11) is 4.26. The van der Waals surface area contributed by atoms with E-state index in [0.717, 1.165) is 32.7 Å². The van der Waals surface area contributed by atoms with Gasteiger partial charge < -0.3 is 10.2 Å². The molecule has 2 rings (SSSR count). The van der Waals surface area contributed by atoms with Gasteiger partial charge in [0.15, 0.2) is 0 Å². The molecule has 1 saturated heterocycles. The molecule has 0 amide bonds. The van der Waals surface area contributed by atoms with E-state index in [2.05, 4.69) is 61.3 Å². The molecule has 1 aromatic carbocycles. The van der Waals surface area contributed by atoms with Gasteiger partial charge in [0, 0.05) is 52.5 Å². The van der Waals surface area contributed by atoms with Crippen molar-refractivity contribution in [2.24, 2.45) is 0 Å². The summed E-state index contributed by atoms with van der Waals surface area (Å²) < 4.78 is 0. The molecule has 0 saturated carbocycles. The normalized spacial score (nSPS) is 16.9. The summed E-state index contributed by atoms with van der Waals surface area (Å²) in [5.74, 6) is 0.595. The van der Waals surface area contributed by atoms with Crippen LogP contribution >= 0.6 is 0 Å². The minimum Gasteiger partial charge on any atom is -0.377 e. The molecule has 106 valence electrons. The highest BCUT2D eigenvalue weighted by atomic mass is 15.2. The molecule has 0 unspecified atom stereocenters. The zero-order valence-corrected chi connectivity index (χ0v) is 12.7. The summed E-state index contributed by atoms with van der Waals surface area (Å²) in [6.07, 6.45) is 0. The maximum atomic E-state index is 3.42. The second kappa shape index (κ2) is 6.40. The van der Waals surface area contributed by atoms with Gasteiger partial charge in [0.1, 0.15) is 0 Å². The first-order valence-corrected chi connectivity index (χ1v) is 7.31. The third-order valence-electron chi connectivity index (χ3n) is 3.86. The molecule has 1 aliphatic rings. The van der Waals surface area contributed by atoms with E-state index >= 15 is 0 Å². The molecule has 19 heavy (non-hydrogen) atoms. The van der Waals surface area contributed by atoms with E-state index in [1.807, 2.05) is 0 Å². The molecule has 0 bridgehead atoms. The van der Waals surface area contributed by atoms with E-state index in [1.54, 1.807) is 0 Å². The summed E-state index contributed by atoms with van der Waals surface area (Å²) >= 11 is 0. The molecule has 0 atom stereocenters. The lowest BCUT2D eigenvalue weighted by molar-refractivity contribution is 0.233. The number of nitrogens with one attached hydrogen (secondary N) is 1. The van der Waals surface area contributed by atoms with Crippen LogP contribution in [-0.4, -0.2) is 45.2 Å². The smallest absolute Gasteiger partial charge is 0.0406 e. The average molecular weight is 261 g/mol. The van der Waals surface area contributed by atoms with Crippen LogP contribution in [0.3, 0.4) is 0 Å². The molecule has 0 radical (unpaired) electrons. The van der Waals surface area contributed by atoms with Crippen LogP contribution in [0, 0.1) is 0 Å². The predicted octanol–water partition coefficient (Wildman–Crippen LogP) is 2.28. The van der Waals surface area contributed by atoms with Gasteiger partial charge in [-0.3, -0.25) is 4.90 Å². The van der Waals surface area contributed by atoms with E-state index in [-0.39, 0.29) is 0 Å². The van der Waals surface area contributed by atoms with Gasteiger partial charge in [-0.05, 0) is 23.1 Å². The minimum atomic E-state index is 0.595. The monoisotopic (exact) mass is 261 g/mol. The number of benzene rings is 1. The van der Waals surface area contributed by atoms with Crippen molar-refractivity contribution in [3.63, 3.8) is 0 Å². The van der Waals surface area contributed by atoms with Gasteiger partial charge in [0.2, 0.25) is 0 Å². The van der Waals surface area contributed by atoms with Gasteiger partial charge in [0.25, 0.3) is 0 Å². The van der Waals surface area contributed by atoms with Crippen LogP contribution < -0.4 is 10.2 Å². The predicted molar refractivity (Wildman–Crippen MR) is 83.0 cm³/mol. The summed E-state index contributed by atoms with van der Waals surface area (Å²) in [6.45, 7) is 10.1. The largest absolute Gasteiger partial charge is 0.377 e. The second-order valence-electron chi connectivity index (χ2n) is 5.96. The Balaban J connectivity index is 2.21. The average Bonchev–Trinajstić information content (AvgIpc) is 2.39. The summed E-state index contributed by atoms with van der Waals surface area (Å²) in [5, 5.41) is 3.42. The molecule has 1 aliphatic heterocycles. The fourth-order valence-corrected chi connectivity index (χ4v) is 2.64. The highest BCUT2D eigenvalue weighted by molar-refractivity contribution is 5.54. The van der Waals surface area contributed by atoms with Crippen LogP contribution in [0.15, 0.2) is 18.2 Å². The SMILES string of the molecule is CC(C)c1ccc(N(C)C)c(CN2CCNCC2)c1. The number of hydrogen-bond donors (Lipinski definition) is 1. The number of nitrogens with zero attached hydrogens (tertiary/aromatic N) is 2. The molecule has 1 N–H and O–H groups in total. The van der Waals surface area contributed by atoms with E-state index < -0.39 is 0 Å². The maximum Gasteiger partial charge on any atom is 0.0406 e. The van der Waals surface area contributed by atoms with Gasteiger partial charge in [0.05, 0.1) is 0 Å². The lowest BCUT2D eigenvalue weighted by Crippen LogP contribution is -2.43. The van der Waals surface area contributed by atoms with Crippen LogP contribution in [0.25, 0.3) is 0 Å². The van der Waals surface area contributed by atoms with Crippen LogP contribution in [0.5, 0.6) is 0 Å². The Morgan fingerprint density at radius 3 is 2.47 bits per heavy atom.